The standard InChI is InChI=1S/C19H28BrN3O2S/c1-3-22(4-2)18(24)14-21-10-5-11-23(13-12-21)19(25)15-26-17-8-6-16(20)7-9-17/h6-9H,3-5,10-15H2,1-2H3. The molecule has 1 aromatic rings. The van der Waals surface area contributed by atoms with E-state index >= 15 is 0 Å². The topological polar surface area (TPSA) is 43.9 Å². The maximum absolute atomic E-state index is 12.5. The molecule has 0 N–H and O–H groups in total. The van der Waals surface area contributed by atoms with E-state index in [1.165, 1.54) is 0 Å². The molecule has 0 atom stereocenters. The zero-order valence-corrected chi connectivity index (χ0v) is 18.0. The van der Waals surface area contributed by atoms with Crippen LogP contribution >= 0.6 is 27.7 Å². The van der Waals surface area contributed by atoms with Gasteiger partial charge in [-0.05, 0) is 44.5 Å². The lowest BCUT2D eigenvalue weighted by Gasteiger charge is -2.25. The summed E-state index contributed by atoms with van der Waals surface area (Å²) >= 11 is 4.99. The minimum atomic E-state index is 0.176. The van der Waals surface area contributed by atoms with Crippen molar-refractivity contribution in [1.29, 1.82) is 0 Å². The maximum atomic E-state index is 12.5. The van der Waals surface area contributed by atoms with Crippen LogP contribution in [0.5, 0.6) is 0 Å². The van der Waals surface area contributed by atoms with Crippen LogP contribution in [0.2, 0.25) is 0 Å². The molecule has 0 bridgehead atoms. The zero-order valence-electron chi connectivity index (χ0n) is 15.6. The molecule has 1 aromatic carbocycles. The molecule has 0 spiro atoms. The zero-order chi connectivity index (χ0) is 18.9. The molecule has 2 rings (SSSR count). The Balaban J connectivity index is 1.78. The van der Waals surface area contributed by atoms with Gasteiger partial charge in [-0.1, -0.05) is 15.9 Å². The maximum Gasteiger partial charge on any atom is 0.236 e. The van der Waals surface area contributed by atoms with E-state index in [2.05, 4.69) is 20.8 Å². The molecule has 0 saturated carbocycles. The van der Waals surface area contributed by atoms with Crippen LogP contribution in [-0.2, 0) is 9.59 Å². The summed E-state index contributed by atoms with van der Waals surface area (Å²) in [6.45, 7) is 9.08. The fourth-order valence-electron chi connectivity index (χ4n) is 3.01. The highest BCUT2D eigenvalue weighted by Crippen LogP contribution is 2.21. The summed E-state index contributed by atoms with van der Waals surface area (Å²) in [5, 5.41) is 0. The third kappa shape index (κ3) is 6.59. The van der Waals surface area contributed by atoms with E-state index < -0.39 is 0 Å². The monoisotopic (exact) mass is 441 g/mol. The average molecular weight is 442 g/mol. The van der Waals surface area contributed by atoms with Gasteiger partial charge in [-0.25, -0.2) is 0 Å². The number of likely N-dealkylation sites (N-methyl/N-ethyl adjacent to an activating group) is 1. The van der Waals surface area contributed by atoms with Crippen molar-refractivity contribution in [1.82, 2.24) is 14.7 Å². The summed E-state index contributed by atoms with van der Waals surface area (Å²) in [5.74, 6) is 0.815. The summed E-state index contributed by atoms with van der Waals surface area (Å²) in [6.07, 6.45) is 0.917. The molecule has 0 aromatic heterocycles. The Bertz CT molecular complexity index is 593. The Morgan fingerprint density at radius 2 is 1.77 bits per heavy atom. The lowest BCUT2D eigenvalue weighted by Crippen LogP contribution is -2.42. The largest absolute Gasteiger partial charge is 0.342 e. The third-order valence-electron chi connectivity index (χ3n) is 4.59. The van der Waals surface area contributed by atoms with E-state index in [4.69, 9.17) is 0 Å². The Labute approximate surface area is 169 Å². The molecule has 0 aliphatic carbocycles. The number of amides is 2. The number of hydrogen-bond donors (Lipinski definition) is 0. The Kier molecular flexibility index (Phi) is 8.95. The number of hydrogen-bond acceptors (Lipinski definition) is 4. The highest BCUT2D eigenvalue weighted by molar-refractivity contribution is 9.10. The molecule has 2 amide bonds. The summed E-state index contributed by atoms with van der Waals surface area (Å²) < 4.78 is 1.04. The number of carbonyl (C=O) groups is 2. The van der Waals surface area contributed by atoms with Crippen LogP contribution in [0.4, 0.5) is 0 Å². The highest BCUT2D eigenvalue weighted by atomic mass is 79.9. The van der Waals surface area contributed by atoms with Crippen molar-refractivity contribution >= 4 is 39.5 Å². The molecular weight excluding hydrogens is 414 g/mol. The van der Waals surface area contributed by atoms with E-state index in [1.54, 1.807) is 11.8 Å². The molecule has 1 heterocycles. The Morgan fingerprint density at radius 1 is 1.08 bits per heavy atom. The lowest BCUT2D eigenvalue weighted by atomic mass is 10.3. The van der Waals surface area contributed by atoms with Crippen molar-refractivity contribution in [3.8, 4) is 0 Å². The predicted molar refractivity (Wildman–Crippen MR) is 110 cm³/mol. The van der Waals surface area contributed by atoms with E-state index in [1.807, 2.05) is 47.9 Å². The predicted octanol–water partition coefficient (Wildman–Crippen LogP) is 2.94. The first-order valence-corrected chi connectivity index (χ1v) is 11.0. The minimum absolute atomic E-state index is 0.176. The molecule has 1 aliphatic rings. The smallest absolute Gasteiger partial charge is 0.236 e. The van der Waals surface area contributed by atoms with Gasteiger partial charge in [0.05, 0.1) is 12.3 Å². The van der Waals surface area contributed by atoms with E-state index in [0.717, 1.165) is 48.5 Å². The second kappa shape index (κ2) is 10.9. The number of thioether (sulfide) groups is 1. The molecule has 1 fully saturated rings. The van der Waals surface area contributed by atoms with Crippen LogP contribution in [0.15, 0.2) is 33.6 Å². The molecule has 0 radical (unpaired) electrons. The number of halogens is 1. The van der Waals surface area contributed by atoms with Gasteiger partial charge in [0.2, 0.25) is 11.8 Å². The van der Waals surface area contributed by atoms with Crippen LogP contribution in [0.3, 0.4) is 0 Å². The molecule has 1 saturated heterocycles. The first kappa shape index (κ1) is 21.3. The van der Waals surface area contributed by atoms with Gasteiger partial charge in [0.25, 0.3) is 0 Å². The van der Waals surface area contributed by atoms with E-state index in [-0.39, 0.29) is 11.8 Å². The Hall–Kier alpha value is -1.05. The minimum Gasteiger partial charge on any atom is -0.342 e. The normalized spacial score (nSPS) is 15.6. The van der Waals surface area contributed by atoms with Crippen molar-refractivity contribution in [3.63, 3.8) is 0 Å². The SMILES string of the molecule is CCN(CC)C(=O)CN1CCCN(C(=O)CSc2ccc(Br)cc2)CC1. The summed E-state index contributed by atoms with van der Waals surface area (Å²) in [7, 11) is 0. The van der Waals surface area contributed by atoms with Crippen LogP contribution in [0, 0.1) is 0 Å². The van der Waals surface area contributed by atoms with Gasteiger partial charge in [0.1, 0.15) is 0 Å². The molecule has 7 heteroatoms. The first-order chi connectivity index (χ1) is 12.5. The number of nitrogens with zero attached hydrogens (tertiary/aromatic N) is 3. The number of benzene rings is 1. The fraction of sp³-hybridized carbons (Fsp3) is 0.579. The average Bonchev–Trinajstić information content (AvgIpc) is 2.87. The molecule has 144 valence electrons. The highest BCUT2D eigenvalue weighted by Gasteiger charge is 2.21. The third-order valence-corrected chi connectivity index (χ3v) is 6.12. The molecule has 5 nitrogen and oxygen atoms in total. The van der Waals surface area contributed by atoms with Crippen LogP contribution < -0.4 is 0 Å². The van der Waals surface area contributed by atoms with Crippen LogP contribution in [-0.4, -0.2) is 78.1 Å². The van der Waals surface area contributed by atoms with Crippen LogP contribution in [0.25, 0.3) is 0 Å². The van der Waals surface area contributed by atoms with Gasteiger partial charge in [-0.3, -0.25) is 14.5 Å². The van der Waals surface area contributed by atoms with Crippen molar-refractivity contribution < 1.29 is 9.59 Å². The fourth-order valence-corrected chi connectivity index (χ4v) is 4.08. The number of rotatable bonds is 7. The quantitative estimate of drug-likeness (QED) is 0.610. The van der Waals surface area contributed by atoms with Gasteiger partial charge < -0.3 is 9.80 Å². The van der Waals surface area contributed by atoms with Crippen LogP contribution in [0.1, 0.15) is 20.3 Å². The van der Waals surface area contributed by atoms with Crippen molar-refractivity contribution in [2.75, 3.05) is 51.6 Å². The van der Waals surface area contributed by atoms with Crippen molar-refractivity contribution in [2.45, 2.75) is 25.2 Å². The van der Waals surface area contributed by atoms with E-state index in [9.17, 15) is 9.59 Å². The van der Waals surface area contributed by atoms with Gasteiger partial charge in [0.15, 0.2) is 0 Å². The molecule has 0 unspecified atom stereocenters. The number of carbonyl (C=O) groups excluding carboxylic acids is 2. The van der Waals surface area contributed by atoms with E-state index in [0.29, 0.717) is 18.8 Å². The molecule has 1 aliphatic heterocycles. The van der Waals surface area contributed by atoms with Gasteiger partial charge in [0, 0.05) is 48.6 Å². The lowest BCUT2D eigenvalue weighted by molar-refractivity contribution is -0.132. The molecular formula is C19H28BrN3O2S. The second-order valence-corrected chi connectivity index (χ2v) is 8.28. The summed E-state index contributed by atoms with van der Waals surface area (Å²) in [4.78, 5) is 31.9. The van der Waals surface area contributed by atoms with Crippen molar-refractivity contribution in [2.24, 2.45) is 0 Å². The van der Waals surface area contributed by atoms with Gasteiger partial charge in [-0.2, -0.15) is 0 Å². The second-order valence-electron chi connectivity index (χ2n) is 6.32. The molecule has 26 heavy (non-hydrogen) atoms. The van der Waals surface area contributed by atoms with Gasteiger partial charge in [-0.15, -0.1) is 11.8 Å². The van der Waals surface area contributed by atoms with Crippen molar-refractivity contribution in [3.05, 3.63) is 28.7 Å². The Morgan fingerprint density at radius 3 is 2.42 bits per heavy atom. The summed E-state index contributed by atoms with van der Waals surface area (Å²) in [5.41, 5.74) is 0. The first-order valence-electron chi connectivity index (χ1n) is 9.19. The van der Waals surface area contributed by atoms with Gasteiger partial charge >= 0.3 is 0 Å². The summed E-state index contributed by atoms with van der Waals surface area (Å²) in [6, 6.07) is 8.02.